The Morgan fingerprint density at radius 2 is 1.92 bits per heavy atom. The van der Waals surface area contributed by atoms with E-state index in [0.717, 1.165) is 18.4 Å². The molecule has 3 unspecified atom stereocenters. The first-order valence-corrected chi connectivity index (χ1v) is 8.56. The maximum atomic E-state index is 12.4. The second kappa shape index (κ2) is 5.35. The molecular weight excluding hydrogens is 309 g/mol. The Morgan fingerprint density at radius 1 is 1.20 bits per heavy atom. The van der Waals surface area contributed by atoms with Crippen molar-refractivity contribution < 1.29 is 14.3 Å². The van der Waals surface area contributed by atoms with Crippen molar-refractivity contribution in [2.45, 2.75) is 41.2 Å². The SMILES string of the molecule is [B]C([B])([B])N1CCC2(c3ccc(OC)c(OC)c3)CCC(=O)C3[B]C312. The standard InChI is InChI=1S/C17H18B4NO3/c1-24-12-4-3-10(9-13(12)25-2)15-6-5-11(23)14-16(15,21-14)22(8-7-15)17(18,19)20/h3-4,9,14H,5-8H2,1-2H3. The number of hydrogen-bond donors (Lipinski definition) is 0. The van der Waals surface area contributed by atoms with Gasteiger partial charge in [0, 0.05) is 23.1 Å². The third-order valence-electron chi connectivity index (χ3n) is 6.31. The van der Waals surface area contributed by atoms with Gasteiger partial charge in [0.15, 0.2) is 18.8 Å². The minimum Gasteiger partial charge on any atom is -0.493 e. The Bertz CT molecular complexity index is 737. The summed E-state index contributed by atoms with van der Waals surface area (Å²) in [5.74, 6) is 1.44. The fourth-order valence-corrected chi connectivity index (χ4v) is 5.19. The number of hydrogen-bond acceptors (Lipinski definition) is 4. The van der Waals surface area contributed by atoms with Crippen LogP contribution in [-0.2, 0) is 10.2 Å². The smallest absolute Gasteiger partial charge is 0.161 e. The molecule has 0 N–H and O–H groups in total. The Kier molecular flexibility index (Phi) is 3.67. The first kappa shape index (κ1) is 17.1. The monoisotopic (exact) mass is 328 g/mol. The molecule has 0 amide bonds. The molecule has 2 saturated heterocycles. The van der Waals surface area contributed by atoms with Crippen LogP contribution >= 0.6 is 0 Å². The van der Waals surface area contributed by atoms with Crippen molar-refractivity contribution in [3.05, 3.63) is 23.8 Å². The number of nitrogens with zero attached hydrogens (tertiary/aromatic N) is 1. The molecule has 2 heterocycles. The van der Waals surface area contributed by atoms with Gasteiger partial charge in [0.25, 0.3) is 0 Å². The molecule has 1 aromatic rings. The Labute approximate surface area is 153 Å². The molecule has 1 aromatic carbocycles. The highest BCUT2D eigenvalue weighted by molar-refractivity contribution is 6.66. The largest absolute Gasteiger partial charge is 0.493 e. The lowest BCUT2D eigenvalue weighted by atomic mass is 9.47. The van der Waals surface area contributed by atoms with Gasteiger partial charge in [-0.05, 0) is 37.1 Å². The van der Waals surface area contributed by atoms with Crippen LogP contribution in [0, 0.1) is 0 Å². The summed E-state index contributed by atoms with van der Waals surface area (Å²) in [6.07, 6.45) is 2.15. The van der Waals surface area contributed by atoms with Crippen LogP contribution in [0.1, 0.15) is 24.8 Å². The molecule has 4 rings (SSSR count). The molecule has 1 aliphatic carbocycles. The van der Waals surface area contributed by atoms with Gasteiger partial charge in [-0.1, -0.05) is 11.3 Å². The van der Waals surface area contributed by atoms with Gasteiger partial charge in [0.2, 0.25) is 0 Å². The topological polar surface area (TPSA) is 38.8 Å². The first-order chi connectivity index (χ1) is 11.8. The molecule has 1 spiro atoms. The second-order valence-electron chi connectivity index (χ2n) is 7.38. The van der Waals surface area contributed by atoms with Gasteiger partial charge in [-0.25, -0.2) is 0 Å². The highest BCUT2D eigenvalue weighted by Gasteiger charge is 2.77. The molecule has 3 atom stereocenters. The number of benzene rings is 1. The van der Waals surface area contributed by atoms with Crippen LogP contribution in [0.2, 0.25) is 5.82 Å². The highest BCUT2D eigenvalue weighted by atomic mass is 16.5. The van der Waals surface area contributed by atoms with E-state index in [1.54, 1.807) is 14.2 Å². The third-order valence-corrected chi connectivity index (χ3v) is 6.31. The molecule has 121 valence electrons. The number of methoxy groups -OCH3 is 2. The van der Waals surface area contributed by atoms with Crippen LogP contribution in [0.3, 0.4) is 0 Å². The quantitative estimate of drug-likeness (QED) is 0.747. The fraction of sp³-hybridized carbons (Fsp3) is 0.588. The molecule has 4 nitrogen and oxygen atoms in total. The number of ether oxygens (including phenoxy) is 2. The molecule has 7 radical (unpaired) electrons. The summed E-state index contributed by atoms with van der Waals surface area (Å²) in [6.45, 7) is 0.651. The van der Waals surface area contributed by atoms with E-state index < -0.39 is 10.7 Å². The number of carbonyl (C=O) groups is 1. The van der Waals surface area contributed by atoms with Crippen molar-refractivity contribution in [1.82, 2.24) is 4.90 Å². The number of likely N-dealkylation sites (tertiary alicyclic amines) is 1. The van der Waals surface area contributed by atoms with E-state index in [9.17, 15) is 4.79 Å². The van der Waals surface area contributed by atoms with Gasteiger partial charge < -0.3 is 19.2 Å². The van der Waals surface area contributed by atoms with Crippen LogP contribution in [-0.4, -0.2) is 72.9 Å². The molecule has 2 aliphatic heterocycles. The molecule has 1 saturated carbocycles. The fourth-order valence-electron chi connectivity index (χ4n) is 5.19. The van der Waals surface area contributed by atoms with Crippen LogP contribution in [0.15, 0.2) is 18.2 Å². The second-order valence-corrected chi connectivity index (χ2v) is 7.38. The Hall–Kier alpha value is -1.29. The number of ketones is 1. The van der Waals surface area contributed by atoms with E-state index in [-0.39, 0.29) is 17.0 Å². The minimum absolute atomic E-state index is 0.160. The van der Waals surface area contributed by atoms with Crippen molar-refractivity contribution in [3.8, 4) is 11.5 Å². The lowest BCUT2D eigenvalue weighted by Crippen LogP contribution is -2.60. The van der Waals surface area contributed by atoms with Crippen molar-refractivity contribution in [2.24, 2.45) is 0 Å². The molecule has 3 fully saturated rings. The molecule has 25 heavy (non-hydrogen) atoms. The maximum absolute atomic E-state index is 12.4. The number of Topliss-reactive ketones (excluding diaryl/α,β-unsaturated/α-hetero) is 1. The predicted molar refractivity (Wildman–Crippen MR) is 99.0 cm³/mol. The van der Waals surface area contributed by atoms with E-state index in [0.29, 0.717) is 24.5 Å². The number of rotatable bonds is 4. The molecule has 3 aliphatic rings. The van der Waals surface area contributed by atoms with Crippen molar-refractivity contribution in [3.63, 3.8) is 0 Å². The zero-order valence-corrected chi connectivity index (χ0v) is 14.6. The van der Waals surface area contributed by atoms with Gasteiger partial charge in [0.05, 0.1) is 37.8 Å². The first-order valence-electron chi connectivity index (χ1n) is 8.56. The summed E-state index contributed by atoms with van der Waals surface area (Å²) < 4.78 is 10.8. The molecule has 8 heteroatoms. The van der Waals surface area contributed by atoms with Crippen LogP contribution in [0.4, 0.5) is 0 Å². The zero-order valence-electron chi connectivity index (χ0n) is 14.6. The normalized spacial score (nSPS) is 34.0. The average Bonchev–Trinajstić information content (AvgIpc) is 3.23. The van der Waals surface area contributed by atoms with Gasteiger partial charge in [-0.2, -0.15) is 0 Å². The predicted octanol–water partition coefficient (Wildman–Crippen LogP) is 0.330. The van der Waals surface area contributed by atoms with Crippen molar-refractivity contribution in [2.75, 3.05) is 20.8 Å². The van der Waals surface area contributed by atoms with E-state index >= 15 is 0 Å². The Balaban J connectivity index is 1.84. The average molecular weight is 328 g/mol. The van der Waals surface area contributed by atoms with Gasteiger partial charge in [-0.3, -0.25) is 0 Å². The minimum atomic E-state index is -1.46. The van der Waals surface area contributed by atoms with E-state index in [4.69, 9.17) is 33.0 Å². The molecular formula is C17H18B4NO3. The summed E-state index contributed by atoms with van der Waals surface area (Å²) in [5, 5.41) is -1.46. The zero-order chi connectivity index (χ0) is 18.0. The van der Waals surface area contributed by atoms with Crippen molar-refractivity contribution >= 4 is 36.6 Å². The number of carbonyl (C=O) groups excluding carboxylic acids is 1. The van der Waals surface area contributed by atoms with Gasteiger partial charge in [-0.15, -0.1) is 0 Å². The summed E-state index contributed by atoms with van der Waals surface area (Å²) in [4.78, 5) is 14.3. The highest BCUT2D eigenvalue weighted by Crippen LogP contribution is 2.68. The van der Waals surface area contributed by atoms with Crippen molar-refractivity contribution in [1.29, 1.82) is 0 Å². The van der Waals surface area contributed by atoms with Gasteiger partial charge >= 0.3 is 0 Å². The van der Waals surface area contributed by atoms with Crippen LogP contribution in [0.5, 0.6) is 11.5 Å². The summed E-state index contributed by atoms with van der Waals surface area (Å²) in [7, 11) is 23.5. The van der Waals surface area contributed by atoms with Crippen LogP contribution in [0.25, 0.3) is 0 Å². The van der Waals surface area contributed by atoms with E-state index in [1.165, 1.54) is 0 Å². The molecule has 0 aromatic heterocycles. The lowest BCUT2D eigenvalue weighted by molar-refractivity contribution is -0.121. The third kappa shape index (κ3) is 2.12. The summed E-state index contributed by atoms with van der Waals surface area (Å²) >= 11 is 0. The van der Waals surface area contributed by atoms with E-state index in [2.05, 4.69) is 13.3 Å². The van der Waals surface area contributed by atoms with Crippen LogP contribution < -0.4 is 9.47 Å². The summed E-state index contributed by atoms with van der Waals surface area (Å²) in [5.41, 5.74) is 0.373. The lowest BCUT2D eigenvalue weighted by Gasteiger charge is -2.49. The Morgan fingerprint density at radius 3 is 2.56 bits per heavy atom. The summed E-state index contributed by atoms with van der Waals surface area (Å²) in [6, 6.07) is 5.97. The van der Waals surface area contributed by atoms with Gasteiger partial charge in [0.1, 0.15) is 5.78 Å². The maximum Gasteiger partial charge on any atom is 0.161 e. The molecule has 0 bridgehead atoms. The van der Waals surface area contributed by atoms with E-state index in [1.807, 2.05) is 17.0 Å².